The smallest absolute Gasteiger partial charge is 0.219 e. The molecule has 0 fully saturated rings. The van der Waals surface area contributed by atoms with Crippen LogP contribution in [-0.4, -0.2) is 20.9 Å². The fraction of sp³-hybridized carbons (Fsp3) is 0.280. The Morgan fingerprint density at radius 1 is 1.21 bits per heavy atom. The van der Waals surface area contributed by atoms with E-state index in [2.05, 4.69) is 15.3 Å². The Morgan fingerprint density at radius 2 is 2.00 bits per heavy atom. The van der Waals surface area contributed by atoms with Crippen LogP contribution in [0.2, 0.25) is 9.36 Å². The number of aromatic nitrogens is 3. The van der Waals surface area contributed by atoms with Crippen LogP contribution in [0.3, 0.4) is 0 Å². The number of nitrogens with one attached hydrogen (secondary N) is 1. The molecule has 34 heavy (non-hydrogen) atoms. The molecule has 4 rings (SSSR count). The third-order valence-corrected chi connectivity index (χ3v) is 6.36. The summed E-state index contributed by atoms with van der Waals surface area (Å²) < 4.78 is 6.81. The van der Waals surface area contributed by atoms with E-state index in [1.807, 2.05) is 45.0 Å². The largest absolute Gasteiger partial charge is 0.487 e. The predicted molar refractivity (Wildman–Crippen MR) is 140 cm³/mol. The Morgan fingerprint density at radius 3 is 2.71 bits per heavy atom. The van der Waals surface area contributed by atoms with Crippen LogP contribution in [0.1, 0.15) is 44.0 Å². The van der Waals surface area contributed by atoms with Crippen molar-refractivity contribution in [3.05, 3.63) is 68.3 Å². The predicted octanol–water partition coefficient (Wildman–Crippen LogP) is 7.00. The molecule has 6 nitrogen and oxygen atoms in total. The van der Waals surface area contributed by atoms with E-state index in [0.717, 1.165) is 39.0 Å². The van der Waals surface area contributed by atoms with Crippen molar-refractivity contribution in [3.8, 4) is 17.0 Å². The van der Waals surface area contributed by atoms with E-state index in [1.54, 1.807) is 24.8 Å². The van der Waals surface area contributed by atoms with E-state index in [4.69, 9.17) is 32.9 Å². The van der Waals surface area contributed by atoms with Crippen LogP contribution >= 0.6 is 34.5 Å². The van der Waals surface area contributed by atoms with E-state index in [1.165, 1.54) is 11.3 Å². The average Bonchev–Trinajstić information content (AvgIpc) is 3.28. The summed E-state index contributed by atoms with van der Waals surface area (Å²) in [5.41, 5.74) is 6.49. The molecule has 0 aliphatic rings. The molecule has 9 heteroatoms. The minimum atomic E-state index is -0.0428. The topological polar surface area (TPSA) is 77.0 Å². The quantitative estimate of drug-likeness (QED) is 0.286. The van der Waals surface area contributed by atoms with Gasteiger partial charge in [-0.3, -0.25) is 9.78 Å². The highest BCUT2D eigenvalue weighted by atomic mass is 35.5. The highest BCUT2D eigenvalue weighted by Gasteiger charge is 2.16. The van der Waals surface area contributed by atoms with Gasteiger partial charge in [0.1, 0.15) is 27.9 Å². The second-order valence-electron chi connectivity index (χ2n) is 7.12. The van der Waals surface area contributed by atoms with Gasteiger partial charge in [-0.25, -0.2) is 9.97 Å². The number of carbonyl (C=O) groups excluding carboxylic acids is 1. The Balaban J connectivity index is 0.00000158. The third kappa shape index (κ3) is 5.84. The van der Waals surface area contributed by atoms with Crippen molar-refractivity contribution in [2.24, 2.45) is 0 Å². The van der Waals surface area contributed by atoms with Gasteiger partial charge in [0.05, 0.1) is 10.5 Å². The van der Waals surface area contributed by atoms with Crippen LogP contribution in [0.5, 0.6) is 5.75 Å². The zero-order valence-corrected chi connectivity index (χ0v) is 21.8. The number of nitrogens with zero attached hydrogens (tertiary/aromatic N) is 3. The van der Waals surface area contributed by atoms with Gasteiger partial charge in [-0.2, -0.15) is 0 Å². The molecule has 0 unspecified atom stereocenters. The number of hydrogen-bond acceptors (Lipinski definition) is 6. The zero-order chi connectivity index (χ0) is 24.7. The Kier molecular flexibility index (Phi) is 9.21. The van der Waals surface area contributed by atoms with Gasteiger partial charge in [-0.1, -0.05) is 56.1 Å². The number of hydrogen-bond donors (Lipinski definition) is 1. The van der Waals surface area contributed by atoms with Gasteiger partial charge in [0.25, 0.3) is 0 Å². The molecule has 0 aliphatic heterocycles. The van der Waals surface area contributed by atoms with E-state index in [0.29, 0.717) is 28.1 Å². The molecule has 1 N–H and O–H groups in total. The fourth-order valence-corrected chi connectivity index (χ4v) is 4.38. The first-order valence-corrected chi connectivity index (χ1v) is 12.6. The maximum absolute atomic E-state index is 11.7. The molecular formula is C25H26Cl2N4O2S. The van der Waals surface area contributed by atoms with Crippen LogP contribution in [-0.2, 0) is 17.9 Å². The first-order chi connectivity index (χ1) is 16.5. The van der Waals surface area contributed by atoms with Crippen LogP contribution in [0.4, 0.5) is 0 Å². The first-order valence-electron chi connectivity index (χ1n) is 11.0. The minimum Gasteiger partial charge on any atom is -0.487 e. The lowest BCUT2D eigenvalue weighted by molar-refractivity contribution is -0.120. The molecule has 178 valence electrons. The van der Waals surface area contributed by atoms with Gasteiger partial charge in [-0.15, -0.1) is 11.3 Å². The van der Waals surface area contributed by atoms with Crippen LogP contribution in [0.15, 0.2) is 42.2 Å². The summed E-state index contributed by atoms with van der Waals surface area (Å²) in [6, 6.07) is 7.73. The number of fused-ring (bicyclic) bond motifs is 1. The van der Waals surface area contributed by atoms with Gasteiger partial charge < -0.3 is 10.1 Å². The van der Waals surface area contributed by atoms with Crippen molar-refractivity contribution in [1.82, 2.24) is 20.3 Å². The molecule has 0 aliphatic carbocycles. The summed E-state index contributed by atoms with van der Waals surface area (Å²) in [5.74, 6) is 0.578. The highest BCUT2D eigenvalue weighted by Crippen LogP contribution is 2.37. The maximum atomic E-state index is 11.7. The van der Waals surface area contributed by atoms with Crippen molar-refractivity contribution in [2.45, 2.75) is 47.3 Å². The standard InChI is InChI=1S/C23H20Cl2N4O2S.C2H6/c1-3-20(30)27-9-14-8-26-10-18(24)17(14)11-31-19-6-4-5-15-16(7-13(2)29-21(15)19)22-23(25)32-12-28-22;1-2/h4-8,10,12H,3,9,11H2,1-2H3,(H,27,30);1-2H3. The van der Waals surface area contributed by atoms with Crippen molar-refractivity contribution < 1.29 is 9.53 Å². The lowest BCUT2D eigenvalue weighted by Crippen LogP contribution is -2.22. The van der Waals surface area contributed by atoms with Gasteiger partial charge in [-0.05, 0) is 24.6 Å². The van der Waals surface area contributed by atoms with Crippen molar-refractivity contribution >= 4 is 51.3 Å². The van der Waals surface area contributed by atoms with E-state index < -0.39 is 0 Å². The molecule has 3 aromatic heterocycles. The van der Waals surface area contributed by atoms with Gasteiger partial charge in [0.2, 0.25) is 5.91 Å². The maximum Gasteiger partial charge on any atom is 0.219 e. The molecule has 0 saturated heterocycles. The summed E-state index contributed by atoms with van der Waals surface area (Å²) in [4.78, 5) is 25.0. The second kappa shape index (κ2) is 12.1. The molecule has 0 saturated carbocycles. The Hall–Kier alpha value is -2.74. The van der Waals surface area contributed by atoms with Crippen molar-refractivity contribution in [1.29, 1.82) is 0 Å². The molecule has 0 radical (unpaired) electrons. The number of thiazole rings is 1. The Labute approximate surface area is 213 Å². The number of rotatable bonds is 7. The van der Waals surface area contributed by atoms with E-state index in [-0.39, 0.29) is 12.5 Å². The van der Waals surface area contributed by atoms with Crippen LogP contribution in [0.25, 0.3) is 22.2 Å². The van der Waals surface area contributed by atoms with E-state index >= 15 is 0 Å². The third-order valence-electron chi connectivity index (χ3n) is 4.97. The number of benzene rings is 1. The average molecular weight is 517 g/mol. The molecule has 3 heterocycles. The molecule has 1 amide bonds. The number of carbonyl (C=O) groups is 1. The number of amides is 1. The first kappa shape index (κ1) is 25.9. The number of halogens is 2. The molecule has 4 aromatic rings. The van der Waals surface area contributed by atoms with Gasteiger partial charge in [0.15, 0.2) is 0 Å². The summed E-state index contributed by atoms with van der Waals surface area (Å²) in [6.45, 7) is 8.27. The number of para-hydroxylation sites is 1. The van der Waals surface area contributed by atoms with Crippen LogP contribution < -0.4 is 10.1 Å². The second-order valence-corrected chi connectivity index (χ2v) is 8.98. The van der Waals surface area contributed by atoms with Crippen molar-refractivity contribution in [3.63, 3.8) is 0 Å². The van der Waals surface area contributed by atoms with Gasteiger partial charge >= 0.3 is 0 Å². The lowest BCUT2D eigenvalue weighted by atomic mass is 10.0. The van der Waals surface area contributed by atoms with Crippen LogP contribution in [0, 0.1) is 6.92 Å². The molecule has 1 aromatic carbocycles. The molecule has 0 bridgehead atoms. The normalized spacial score (nSPS) is 10.5. The monoisotopic (exact) mass is 516 g/mol. The van der Waals surface area contributed by atoms with Gasteiger partial charge in [0, 0.05) is 47.6 Å². The number of aryl methyl sites for hydroxylation is 1. The molecule has 0 spiro atoms. The zero-order valence-electron chi connectivity index (χ0n) is 19.5. The summed E-state index contributed by atoms with van der Waals surface area (Å²) in [7, 11) is 0. The van der Waals surface area contributed by atoms with E-state index in [9.17, 15) is 4.79 Å². The Bertz CT molecular complexity index is 1290. The molecule has 0 atom stereocenters. The minimum absolute atomic E-state index is 0.0428. The summed E-state index contributed by atoms with van der Waals surface area (Å²) in [5, 5.41) is 4.24. The summed E-state index contributed by atoms with van der Waals surface area (Å²) >= 11 is 14.2. The highest BCUT2D eigenvalue weighted by molar-refractivity contribution is 7.14. The SMILES string of the molecule is CC.CCC(=O)NCc1cncc(Cl)c1COc1cccc2c(-c3ncsc3Cl)cc(C)nc12. The number of pyridine rings is 2. The fourth-order valence-electron chi connectivity index (χ4n) is 3.35. The van der Waals surface area contributed by atoms with Crippen molar-refractivity contribution in [2.75, 3.05) is 0 Å². The lowest BCUT2D eigenvalue weighted by Gasteiger charge is -2.15. The molecular weight excluding hydrogens is 491 g/mol. The number of ether oxygens (including phenoxy) is 1. The summed E-state index contributed by atoms with van der Waals surface area (Å²) in [6.07, 6.45) is 3.67.